The summed E-state index contributed by atoms with van der Waals surface area (Å²) in [5.41, 5.74) is 3.19. The zero-order valence-corrected chi connectivity index (χ0v) is 17.9. The molecule has 0 aliphatic carbocycles. The highest BCUT2D eigenvalue weighted by Crippen LogP contribution is 2.30. The van der Waals surface area contributed by atoms with Crippen LogP contribution in [0.4, 0.5) is 5.69 Å². The third-order valence-corrected chi connectivity index (χ3v) is 6.67. The fourth-order valence-corrected chi connectivity index (χ4v) is 4.84. The Balaban J connectivity index is 1.56. The number of rotatable bonds is 7. The molecule has 0 aliphatic rings. The minimum Gasteiger partial charge on any atom is -0.494 e. The predicted octanol–water partition coefficient (Wildman–Crippen LogP) is 5.68. The summed E-state index contributed by atoms with van der Waals surface area (Å²) in [6.45, 7) is 2.41. The fraction of sp³-hybridized carbons (Fsp3) is 0.0870. The van der Waals surface area contributed by atoms with Crippen molar-refractivity contribution in [1.29, 1.82) is 0 Å². The van der Waals surface area contributed by atoms with Crippen LogP contribution in [-0.4, -0.2) is 20.0 Å². The molecule has 0 fully saturated rings. The second-order valence-corrected chi connectivity index (χ2v) is 9.04. The summed E-state index contributed by atoms with van der Waals surface area (Å²) < 4.78 is 33.5. The van der Waals surface area contributed by atoms with E-state index in [9.17, 15) is 8.42 Å². The van der Waals surface area contributed by atoms with Crippen LogP contribution in [0.25, 0.3) is 21.8 Å². The van der Waals surface area contributed by atoms with Crippen LogP contribution >= 0.6 is 11.3 Å². The molecule has 1 N–H and O–H groups in total. The Labute approximate surface area is 180 Å². The molecule has 4 rings (SSSR count). The summed E-state index contributed by atoms with van der Waals surface area (Å²) >= 11 is 1.56. The number of aromatic nitrogens is 1. The van der Waals surface area contributed by atoms with E-state index in [0.29, 0.717) is 18.0 Å². The SMILES string of the molecule is CCOc1ccc(S(=O)(=O)Nc2cccc(-c3csc(-c4ccccc4)n3)c2)cc1. The number of nitrogens with zero attached hydrogens (tertiary/aromatic N) is 1. The third kappa shape index (κ3) is 4.53. The molecule has 0 amide bonds. The molecular weight excluding hydrogens is 416 g/mol. The maximum Gasteiger partial charge on any atom is 0.261 e. The van der Waals surface area contributed by atoms with Gasteiger partial charge in [-0.05, 0) is 43.3 Å². The number of hydrogen-bond acceptors (Lipinski definition) is 5. The van der Waals surface area contributed by atoms with Gasteiger partial charge in [0, 0.05) is 22.2 Å². The Morgan fingerprint density at radius 1 is 0.933 bits per heavy atom. The molecule has 0 atom stereocenters. The molecule has 5 nitrogen and oxygen atoms in total. The molecule has 1 aromatic heterocycles. The molecule has 30 heavy (non-hydrogen) atoms. The monoisotopic (exact) mass is 436 g/mol. The van der Waals surface area contributed by atoms with Gasteiger partial charge in [-0.1, -0.05) is 42.5 Å². The van der Waals surface area contributed by atoms with E-state index in [-0.39, 0.29) is 4.90 Å². The first kappa shape index (κ1) is 20.1. The second-order valence-electron chi connectivity index (χ2n) is 6.49. The molecule has 0 bridgehead atoms. The largest absolute Gasteiger partial charge is 0.494 e. The quantitative estimate of drug-likeness (QED) is 0.405. The van der Waals surface area contributed by atoms with Crippen molar-refractivity contribution in [2.45, 2.75) is 11.8 Å². The Morgan fingerprint density at radius 3 is 2.40 bits per heavy atom. The molecule has 3 aromatic carbocycles. The lowest BCUT2D eigenvalue weighted by Gasteiger charge is -2.10. The topological polar surface area (TPSA) is 68.3 Å². The van der Waals surface area contributed by atoms with Gasteiger partial charge < -0.3 is 4.74 Å². The summed E-state index contributed by atoms with van der Waals surface area (Å²) in [5.74, 6) is 0.635. The number of anilines is 1. The number of sulfonamides is 1. The summed E-state index contributed by atoms with van der Waals surface area (Å²) in [5, 5.41) is 2.90. The van der Waals surface area contributed by atoms with Crippen molar-refractivity contribution < 1.29 is 13.2 Å². The molecule has 1 heterocycles. The predicted molar refractivity (Wildman–Crippen MR) is 121 cm³/mol. The molecule has 152 valence electrons. The number of thiazole rings is 1. The number of ether oxygens (including phenoxy) is 1. The van der Waals surface area contributed by atoms with Crippen LogP contribution in [0.5, 0.6) is 5.75 Å². The van der Waals surface area contributed by atoms with Crippen molar-refractivity contribution in [3.05, 3.63) is 84.2 Å². The van der Waals surface area contributed by atoms with Gasteiger partial charge >= 0.3 is 0 Å². The summed E-state index contributed by atoms with van der Waals surface area (Å²) in [7, 11) is -3.71. The highest BCUT2D eigenvalue weighted by molar-refractivity contribution is 7.92. The normalized spacial score (nSPS) is 11.2. The number of hydrogen-bond donors (Lipinski definition) is 1. The first-order valence-corrected chi connectivity index (χ1v) is 11.8. The van der Waals surface area contributed by atoms with Crippen LogP contribution < -0.4 is 9.46 Å². The Morgan fingerprint density at radius 2 is 1.67 bits per heavy atom. The van der Waals surface area contributed by atoms with Gasteiger partial charge in [0.05, 0.1) is 17.2 Å². The molecule has 0 aliphatic heterocycles. The van der Waals surface area contributed by atoms with Crippen LogP contribution in [0.1, 0.15) is 6.92 Å². The van der Waals surface area contributed by atoms with Gasteiger partial charge in [-0.15, -0.1) is 11.3 Å². The van der Waals surface area contributed by atoms with E-state index in [4.69, 9.17) is 9.72 Å². The zero-order valence-electron chi connectivity index (χ0n) is 16.3. The van der Waals surface area contributed by atoms with Crippen molar-refractivity contribution in [2.24, 2.45) is 0 Å². The smallest absolute Gasteiger partial charge is 0.261 e. The Bertz CT molecular complexity index is 1230. The average Bonchev–Trinajstić information content (AvgIpc) is 3.25. The van der Waals surface area contributed by atoms with Gasteiger partial charge in [-0.2, -0.15) is 0 Å². The van der Waals surface area contributed by atoms with Crippen LogP contribution in [0.15, 0.2) is 89.1 Å². The molecule has 0 saturated heterocycles. The van der Waals surface area contributed by atoms with Crippen LogP contribution in [0.3, 0.4) is 0 Å². The van der Waals surface area contributed by atoms with E-state index in [0.717, 1.165) is 21.8 Å². The van der Waals surface area contributed by atoms with E-state index in [1.807, 2.05) is 54.8 Å². The van der Waals surface area contributed by atoms with Gasteiger partial charge in [0.2, 0.25) is 0 Å². The average molecular weight is 437 g/mol. The first-order valence-electron chi connectivity index (χ1n) is 9.42. The zero-order chi connectivity index (χ0) is 21.0. The van der Waals surface area contributed by atoms with Gasteiger partial charge in [0.1, 0.15) is 10.8 Å². The van der Waals surface area contributed by atoms with Gasteiger partial charge in [-0.3, -0.25) is 4.72 Å². The summed E-state index contributed by atoms with van der Waals surface area (Å²) in [6, 6.07) is 23.6. The lowest BCUT2D eigenvalue weighted by molar-refractivity contribution is 0.340. The highest BCUT2D eigenvalue weighted by Gasteiger charge is 2.15. The standard InChI is InChI=1S/C23H20N2O3S2/c1-2-28-20-11-13-21(14-12-20)30(26,27)25-19-10-6-9-18(15-19)22-16-29-23(24-22)17-7-4-3-5-8-17/h3-16,25H,2H2,1H3. The molecule has 0 saturated carbocycles. The number of benzene rings is 3. The maximum atomic E-state index is 12.7. The third-order valence-electron chi connectivity index (χ3n) is 4.38. The van der Waals surface area contributed by atoms with Crippen molar-refractivity contribution >= 4 is 27.0 Å². The molecule has 4 aromatic rings. The van der Waals surface area contributed by atoms with E-state index in [1.54, 1.807) is 35.6 Å². The van der Waals surface area contributed by atoms with E-state index >= 15 is 0 Å². The van der Waals surface area contributed by atoms with Crippen LogP contribution in [-0.2, 0) is 10.0 Å². The van der Waals surface area contributed by atoms with Crippen LogP contribution in [0, 0.1) is 0 Å². The Hall–Kier alpha value is -3.16. The highest BCUT2D eigenvalue weighted by atomic mass is 32.2. The molecule has 0 radical (unpaired) electrons. The van der Waals surface area contributed by atoms with E-state index in [2.05, 4.69) is 4.72 Å². The van der Waals surface area contributed by atoms with Gasteiger partial charge in [0.25, 0.3) is 10.0 Å². The van der Waals surface area contributed by atoms with Crippen molar-refractivity contribution in [2.75, 3.05) is 11.3 Å². The van der Waals surface area contributed by atoms with Crippen molar-refractivity contribution in [1.82, 2.24) is 4.98 Å². The van der Waals surface area contributed by atoms with E-state index in [1.165, 1.54) is 12.1 Å². The van der Waals surface area contributed by atoms with Crippen molar-refractivity contribution in [3.63, 3.8) is 0 Å². The van der Waals surface area contributed by atoms with E-state index < -0.39 is 10.0 Å². The molecular formula is C23H20N2O3S2. The van der Waals surface area contributed by atoms with Gasteiger partial charge in [-0.25, -0.2) is 13.4 Å². The molecule has 0 unspecified atom stereocenters. The Kier molecular flexibility index (Phi) is 5.83. The summed E-state index contributed by atoms with van der Waals surface area (Å²) in [4.78, 5) is 4.88. The van der Waals surface area contributed by atoms with Gasteiger partial charge in [0.15, 0.2) is 0 Å². The van der Waals surface area contributed by atoms with Crippen molar-refractivity contribution in [3.8, 4) is 27.6 Å². The fourth-order valence-electron chi connectivity index (χ4n) is 2.96. The molecule has 0 spiro atoms. The maximum absolute atomic E-state index is 12.7. The lowest BCUT2D eigenvalue weighted by atomic mass is 10.1. The second kappa shape index (κ2) is 8.69. The molecule has 7 heteroatoms. The lowest BCUT2D eigenvalue weighted by Crippen LogP contribution is -2.12. The summed E-state index contributed by atoms with van der Waals surface area (Å²) in [6.07, 6.45) is 0. The minimum absolute atomic E-state index is 0.177. The first-order chi connectivity index (χ1) is 14.5. The number of nitrogens with one attached hydrogen (secondary N) is 1. The van der Waals surface area contributed by atoms with Crippen LogP contribution in [0.2, 0.25) is 0 Å². The minimum atomic E-state index is -3.71.